The molecule has 7 rings (SSSR count). The van der Waals surface area contributed by atoms with Crippen LogP contribution >= 0.6 is 0 Å². The minimum Gasteiger partial charge on any atom is -0.356 e. The molecule has 3 heterocycles. The molecule has 12 nitrogen and oxygen atoms in total. The zero-order valence-electron chi connectivity index (χ0n) is 38.5. The fraction of sp³-hybridized carbons (Fsp3) is 0.302. The van der Waals surface area contributed by atoms with Crippen LogP contribution in [0.4, 0.5) is 17.1 Å². The van der Waals surface area contributed by atoms with Gasteiger partial charge in [0.1, 0.15) is 6.54 Å². The average molecular weight is 942 g/mol. The van der Waals surface area contributed by atoms with Crippen molar-refractivity contribution in [1.29, 1.82) is 0 Å². The number of para-hydroxylation sites is 1. The smallest absolute Gasteiger partial charge is 0.294 e. The Hall–Kier alpha value is -6.37. The van der Waals surface area contributed by atoms with Crippen molar-refractivity contribution in [1.82, 2.24) is 5.32 Å². The number of allylic oxidation sites excluding steroid dienone is 8. The Balaban J connectivity index is 0.968. The maximum atomic E-state index is 13.6. The highest BCUT2D eigenvalue weighted by molar-refractivity contribution is 7.86. The van der Waals surface area contributed by atoms with E-state index in [0.29, 0.717) is 32.5 Å². The second-order valence-corrected chi connectivity index (χ2v) is 20.7. The van der Waals surface area contributed by atoms with Crippen molar-refractivity contribution < 1.29 is 40.1 Å². The first-order chi connectivity index (χ1) is 31.8. The summed E-state index contributed by atoms with van der Waals surface area (Å²) in [7, 11) is -8.77. The zero-order chi connectivity index (χ0) is 48.1. The molecule has 0 radical (unpaired) electrons. The number of hydrogen-bond donors (Lipinski definition) is 3. The van der Waals surface area contributed by atoms with E-state index in [0.717, 1.165) is 69.1 Å². The number of fused-ring (bicyclic) bond motifs is 4. The number of likely N-dealkylation sites (N-methyl/N-ethyl adjacent to an activating group) is 1. The normalized spacial score (nSPS) is 16.7. The molecule has 0 unspecified atom stereocenters. The number of nitrogens with one attached hydrogen (secondary N) is 1. The number of carbonyl (C=O) groups is 2. The molecule has 3 N–H and O–H groups in total. The van der Waals surface area contributed by atoms with Gasteiger partial charge in [0.05, 0.1) is 27.4 Å². The van der Waals surface area contributed by atoms with Crippen molar-refractivity contribution in [3.8, 4) is 11.8 Å². The zero-order valence-corrected chi connectivity index (χ0v) is 40.1. The van der Waals surface area contributed by atoms with Crippen LogP contribution in [0.2, 0.25) is 0 Å². The monoisotopic (exact) mass is 941 g/mol. The molecule has 67 heavy (non-hydrogen) atoms. The van der Waals surface area contributed by atoms with E-state index in [2.05, 4.69) is 26.6 Å². The Bertz CT molecular complexity index is 3060. The number of amides is 2. The van der Waals surface area contributed by atoms with E-state index in [9.17, 15) is 35.5 Å². The van der Waals surface area contributed by atoms with E-state index in [1.807, 2.05) is 126 Å². The first kappa shape index (κ1) is 48.6. The summed E-state index contributed by atoms with van der Waals surface area (Å²) in [6.45, 7) is 12.0. The van der Waals surface area contributed by atoms with Crippen molar-refractivity contribution in [3.05, 3.63) is 161 Å². The maximum Gasteiger partial charge on any atom is 0.294 e. The first-order valence-corrected chi connectivity index (χ1v) is 25.3. The lowest BCUT2D eigenvalue weighted by Gasteiger charge is -2.26. The van der Waals surface area contributed by atoms with Crippen LogP contribution in [0.25, 0.3) is 0 Å². The summed E-state index contributed by atoms with van der Waals surface area (Å²) in [4.78, 5) is 30.1. The molecular formula is C53H57N4O8S2+. The molecule has 0 aliphatic carbocycles. The van der Waals surface area contributed by atoms with Gasteiger partial charge in [-0.2, -0.15) is 21.4 Å². The molecule has 0 spiro atoms. The van der Waals surface area contributed by atoms with Crippen molar-refractivity contribution >= 4 is 54.8 Å². The van der Waals surface area contributed by atoms with Gasteiger partial charge in [0, 0.05) is 78.0 Å². The molecule has 14 heteroatoms. The Kier molecular flexibility index (Phi) is 14.4. The molecule has 4 aromatic carbocycles. The van der Waals surface area contributed by atoms with E-state index in [1.54, 1.807) is 17.0 Å². The predicted molar refractivity (Wildman–Crippen MR) is 263 cm³/mol. The molecule has 0 atom stereocenters. The second kappa shape index (κ2) is 19.8. The van der Waals surface area contributed by atoms with Crippen LogP contribution in [0, 0.1) is 11.8 Å². The summed E-state index contributed by atoms with van der Waals surface area (Å²) in [6, 6.07) is 24.8. The van der Waals surface area contributed by atoms with E-state index >= 15 is 0 Å². The molecule has 0 saturated heterocycles. The third-order valence-electron chi connectivity index (χ3n) is 12.7. The topological polar surface area (TPSA) is 164 Å². The number of hydrogen-bond acceptors (Lipinski definition) is 7. The van der Waals surface area contributed by atoms with Crippen LogP contribution in [-0.4, -0.2) is 67.7 Å². The molecule has 0 bridgehead atoms. The van der Waals surface area contributed by atoms with Crippen LogP contribution in [0.1, 0.15) is 94.5 Å². The van der Waals surface area contributed by atoms with Gasteiger partial charge in [-0.15, -0.1) is 0 Å². The van der Waals surface area contributed by atoms with Crippen molar-refractivity contribution in [3.63, 3.8) is 0 Å². The maximum absolute atomic E-state index is 13.6. The summed E-state index contributed by atoms with van der Waals surface area (Å²) in [5, 5.41) is 2.93. The highest BCUT2D eigenvalue weighted by Crippen LogP contribution is 2.48. The number of carbonyl (C=O) groups excluding carboxylic acids is 2. The van der Waals surface area contributed by atoms with Crippen molar-refractivity contribution in [2.45, 2.75) is 93.9 Å². The van der Waals surface area contributed by atoms with Gasteiger partial charge in [0.15, 0.2) is 5.71 Å². The molecule has 348 valence electrons. The summed E-state index contributed by atoms with van der Waals surface area (Å²) < 4.78 is 69.8. The summed E-state index contributed by atoms with van der Waals surface area (Å²) >= 11 is 0. The van der Waals surface area contributed by atoms with Gasteiger partial charge in [-0.05, 0) is 99.3 Å². The van der Waals surface area contributed by atoms with Crippen molar-refractivity contribution in [2.24, 2.45) is 0 Å². The lowest BCUT2D eigenvalue weighted by Crippen LogP contribution is -2.35. The average Bonchev–Trinajstić information content (AvgIpc) is 3.63. The lowest BCUT2D eigenvalue weighted by atomic mass is 9.81. The Morgan fingerprint density at radius 2 is 1.37 bits per heavy atom. The molecule has 0 saturated carbocycles. The Labute approximate surface area is 394 Å². The van der Waals surface area contributed by atoms with Crippen LogP contribution in [-0.2, 0) is 47.2 Å². The SMILES string of the molecule is CCN1/C(=C/C=C/C=C/C=C/C2=[N+](CCCCCC(=O)NCCC(=O)N3Cc4ccccc4C#Cc4ccccc43)c3ccc(S(=O)(=O)O)cc3C2(C)C)C(C)(C)c2cc(S(=O)(=O)O)ccc21. The number of anilines is 2. The largest absolute Gasteiger partial charge is 0.356 e. The molecule has 2 amide bonds. The molecule has 0 aromatic heterocycles. The molecule has 0 fully saturated rings. The van der Waals surface area contributed by atoms with Crippen LogP contribution in [0.5, 0.6) is 0 Å². The van der Waals surface area contributed by atoms with Gasteiger partial charge in [-0.25, -0.2) is 0 Å². The van der Waals surface area contributed by atoms with Crippen LogP contribution in [0.15, 0.2) is 143 Å². The number of unbranched alkanes of at least 4 members (excludes halogenated alkanes) is 2. The third-order valence-corrected chi connectivity index (χ3v) is 14.4. The molecule has 4 aromatic rings. The third kappa shape index (κ3) is 10.6. The summed E-state index contributed by atoms with van der Waals surface area (Å²) in [6.07, 6.45) is 16.2. The predicted octanol–water partition coefficient (Wildman–Crippen LogP) is 8.94. The van der Waals surface area contributed by atoms with Crippen LogP contribution < -0.4 is 15.1 Å². The van der Waals surface area contributed by atoms with E-state index in [4.69, 9.17) is 0 Å². The quantitative estimate of drug-likeness (QED) is 0.0327. The Morgan fingerprint density at radius 3 is 2.10 bits per heavy atom. The van der Waals surface area contributed by atoms with E-state index in [-0.39, 0.29) is 34.6 Å². The van der Waals surface area contributed by atoms with Gasteiger partial charge in [0.2, 0.25) is 17.5 Å². The van der Waals surface area contributed by atoms with Gasteiger partial charge in [0.25, 0.3) is 20.2 Å². The van der Waals surface area contributed by atoms with E-state index < -0.39 is 31.1 Å². The fourth-order valence-electron chi connectivity index (χ4n) is 9.17. The van der Waals surface area contributed by atoms with E-state index in [1.165, 1.54) is 24.3 Å². The molecule has 3 aliphatic rings. The number of rotatable bonds is 16. The van der Waals surface area contributed by atoms with Gasteiger partial charge in [-0.3, -0.25) is 18.7 Å². The number of benzene rings is 4. The van der Waals surface area contributed by atoms with Crippen LogP contribution in [0.3, 0.4) is 0 Å². The van der Waals surface area contributed by atoms with Crippen molar-refractivity contribution in [2.75, 3.05) is 29.4 Å². The minimum atomic E-state index is -4.43. The molecule has 3 aliphatic heterocycles. The van der Waals surface area contributed by atoms with Gasteiger partial charge in [-0.1, -0.05) is 86.4 Å². The van der Waals surface area contributed by atoms with Gasteiger partial charge >= 0.3 is 0 Å². The highest BCUT2D eigenvalue weighted by Gasteiger charge is 2.45. The first-order valence-electron chi connectivity index (χ1n) is 22.5. The number of nitrogens with zero attached hydrogens (tertiary/aromatic N) is 3. The minimum absolute atomic E-state index is 0.101. The summed E-state index contributed by atoms with van der Waals surface area (Å²) in [5.41, 5.74) is 7.51. The second-order valence-electron chi connectivity index (χ2n) is 17.8. The van der Waals surface area contributed by atoms with Gasteiger partial charge < -0.3 is 15.1 Å². The summed E-state index contributed by atoms with van der Waals surface area (Å²) in [5.74, 6) is 6.22. The molecular weight excluding hydrogens is 885 g/mol. The Morgan fingerprint density at radius 1 is 0.731 bits per heavy atom. The fourth-order valence-corrected chi connectivity index (χ4v) is 10.2. The standard InChI is InChI=1S/C53H56N4O8S2/c1-6-55-46-30-28-41(66(60,61)62)35-43(46)52(2,3)48(55)23-11-8-7-9-12-24-49-53(4,5)44-36-42(67(63,64)65)29-31-47(44)56(49)34-18-10-13-25-50(58)54-33-32-51(59)57-37-40-21-15-14-19-38(40)26-27-39-20-16-17-22-45(39)57/h7-9,11-12,14-17,19-24,28-31,35-36H,6,10,13,18,25,32-34,37H2,1-5H3,(H2-,54,58,60,61,62,63,64,65)/p+1. The lowest BCUT2D eigenvalue weighted by molar-refractivity contribution is -0.438. The highest BCUT2D eigenvalue weighted by atomic mass is 32.2.